The summed E-state index contributed by atoms with van der Waals surface area (Å²) >= 11 is 0. The molecule has 0 aliphatic heterocycles. The van der Waals surface area contributed by atoms with Crippen molar-refractivity contribution in [3.63, 3.8) is 0 Å². The molecule has 0 saturated carbocycles. The lowest BCUT2D eigenvalue weighted by molar-refractivity contribution is -0.119. The average molecular weight is 741 g/mol. The van der Waals surface area contributed by atoms with Crippen LogP contribution in [-0.4, -0.2) is 36.2 Å². The van der Waals surface area contributed by atoms with Crippen molar-refractivity contribution in [1.29, 1.82) is 0 Å². The Balaban J connectivity index is 1.06. The number of ketones is 1. The van der Waals surface area contributed by atoms with Gasteiger partial charge in [0.2, 0.25) is 5.91 Å². The van der Waals surface area contributed by atoms with Gasteiger partial charge in [-0.25, -0.2) is 4.79 Å². The molecule has 1 atom stereocenters. The molecule has 0 saturated heterocycles. The molecule has 0 aliphatic carbocycles. The van der Waals surface area contributed by atoms with Crippen LogP contribution in [0.5, 0.6) is 17.2 Å². The lowest BCUT2D eigenvalue weighted by Gasteiger charge is -2.17. The highest BCUT2D eigenvalue weighted by Gasteiger charge is 2.19. The van der Waals surface area contributed by atoms with Gasteiger partial charge in [0.25, 0.3) is 5.91 Å². The highest BCUT2D eigenvalue weighted by atomic mass is 16.5. The fourth-order valence-corrected chi connectivity index (χ4v) is 5.82. The van der Waals surface area contributed by atoms with E-state index in [0.717, 1.165) is 35.3 Å². The number of carbonyl (C=O) groups is 4. The number of rotatable bonds is 20. The van der Waals surface area contributed by atoms with E-state index in [-0.39, 0.29) is 24.5 Å². The van der Waals surface area contributed by atoms with Crippen molar-refractivity contribution in [1.82, 2.24) is 5.32 Å². The van der Waals surface area contributed by atoms with E-state index >= 15 is 0 Å². The SMILES string of the molecule is CCCCCCCOc1ccc(C(=O)Oc2ccc(C[C@H](NC(=O)c3ccc(NC(=O)Cc4cccc(COc5ccccc5)c4)cc3)C(C)=O)cc2)cc1. The molecule has 9 heteroatoms. The molecule has 0 heterocycles. The van der Waals surface area contributed by atoms with E-state index in [2.05, 4.69) is 17.6 Å². The Bertz CT molecular complexity index is 1990. The molecule has 2 amide bonds. The quantitative estimate of drug-likeness (QED) is 0.0465. The van der Waals surface area contributed by atoms with Gasteiger partial charge in [-0.15, -0.1) is 0 Å². The number of nitrogens with one attached hydrogen (secondary N) is 2. The molecule has 0 bridgehead atoms. The number of para-hydroxylation sites is 1. The van der Waals surface area contributed by atoms with Crippen LogP contribution in [0, 0.1) is 0 Å². The maximum atomic E-state index is 13.1. The monoisotopic (exact) mass is 740 g/mol. The summed E-state index contributed by atoms with van der Waals surface area (Å²) in [4.78, 5) is 51.2. The summed E-state index contributed by atoms with van der Waals surface area (Å²) < 4.78 is 17.2. The van der Waals surface area contributed by atoms with Crippen LogP contribution in [0.15, 0.2) is 127 Å². The van der Waals surface area contributed by atoms with Gasteiger partial charge in [-0.3, -0.25) is 14.4 Å². The molecule has 0 radical (unpaired) electrons. The Labute approximate surface area is 323 Å². The third-order valence-electron chi connectivity index (χ3n) is 8.91. The van der Waals surface area contributed by atoms with Crippen molar-refractivity contribution in [3.05, 3.63) is 155 Å². The Morgan fingerprint density at radius 1 is 0.618 bits per heavy atom. The topological polar surface area (TPSA) is 120 Å². The molecule has 0 unspecified atom stereocenters. The third kappa shape index (κ3) is 13.3. The number of benzene rings is 5. The molecular formula is C46H48N2O7. The first-order valence-electron chi connectivity index (χ1n) is 18.8. The van der Waals surface area contributed by atoms with E-state index in [1.165, 1.54) is 26.2 Å². The molecular weight excluding hydrogens is 693 g/mol. The van der Waals surface area contributed by atoms with E-state index in [1.807, 2.05) is 54.6 Å². The van der Waals surface area contributed by atoms with E-state index < -0.39 is 17.9 Å². The normalized spacial score (nSPS) is 11.2. The number of carbonyl (C=O) groups excluding carboxylic acids is 4. The van der Waals surface area contributed by atoms with Gasteiger partial charge >= 0.3 is 5.97 Å². The average Bonchev–Trinajstić information content (AvgIpc) is 3.19. The fraction of sp³-hybridized carbons (Fsp3) is 0.261. The molecule has 0 fully saturated rings. The van der Waals surface area contributed by atoms with Crippen LogP contribution in [0.25, 0.3) is 0 Å². The summed E-state index contributed by atoms with van der Waals surface area (Å²) in [6.45, 7) is 4.65. The lowest BCUT2D eigenvalue weighted by Crippen LogP contribution is -2.41. The third-order valence-corrected chi connectivity index (χ3v) is 8.91. The van der Waals surface area contributed by atoms with Crippen molar-refractivity contribution in [2.24, 2.45) is 0 Å². The van der Waals surface area contributed by atoms with Crippen LogP contribution in [0.3, 0.4) is 0 Å². The molecule has 284 valence electrons. The predicted octanol–water partition coefficient (Wildman–Crippen LogP) is 8.95. The van der Waals surface area contributed by atoms with Gasteiger partial charge in [-0.2, -0.15) is 0 Å². The van der Waals surface area contributed by atoms with Crippen LogP contribution in [0.4, 0.5) is 5.69 Å². The molecule has 5 aromatic carbocycles. The minimum atomic E-state index is -0.772. The zero-order chi connectivity index (χ0) is 38.8. The maximum absolute atomic E-state index is 13.1. The second-order valence-corrected chi connectivity index (χ2v) is 13.4. The summed E-state index contributed by atoms with van der Waals surface area (Å²) in [5.41, 5.74) is 3.88. The second kappa shape index (κ2) is 20.9. The van der Waals surface area contributed by atoms with Gasteiger partial charge in [-0.1, -0.05) is 87.2 Å². The number of ether oxygens (including phenoxy) is 3. The van der Waals surface area contributed by atoms with E-state index in [4.69, 9.17) is 14.2 Å². The minimum absolute atomic E-state index is 0.175. The molecule has 0 spiro atoms. The first-order valence-corrected chi connectivity index (χ1v) is 18.8. The number of anilines is 1. The molecule has 2 N–H and O–H groups in total. The Morgan fingerprint density at radius 3 is 1.98 bits per heavy atom. The highest BCUT2D eigenvalue weighted by molar-refractivity contribution is 5.98. The second-order valence-electron chi connectivity index (χ2n) is 13.4. The van der Waals surface area contributed by atoms with Crippen LogP contribution in [0.1, 0.15) is 83.4 Å². The Hall–Kier alpha value is -6.22. The minimum Gasteiger partial charge on any atom is -0.494 e. The van der Waals surface area contributed by atoms with E-state index in [1.54, 1.807) is 72.8 Å². The number of unbranched alkanes of at least 4 members (excludes halogenated alkanes) is 4. The zero-order valence-corrected chi connectivity index (χ0v) is 31.4. The zero-order valence-electron chi connectivity index (χ0n) is 31.4. The first kappa shape index (κ1) is 40.0. The standard InChI is InChI=1S/C46H48N2O7/c1-3-4-5-6-10-28-53-41-26-20-38(21-27-41)46(52)55-42-24-16-34(17-25-42)30-43(33(2)49)48-45(51)37-18-22-39(23-19-37)47-44(50)31-35-12-11-13-36(29-35)32-54-40-14-8-7-9-15-40/h7-9,11-27,29,43H,3-6,10,28,30-32H2,1-2H3,(H,47,50)(H,48,51)/t43-/m0/s1. The lowest BCUT2D eigenvalue weighted by atomic mass is 10.0. The van der Waals surface area contributed by atoms with Crippen molar-refractivity contribution in [3.8, 4) is 17.2 Å². The molecule has 55 heavy (non-hydrogen) atoms. The smallest absolute Gasteiger partial charge is 0.343 e. The summed E-state index contributed by atoms with van der Waals surface area (Å²) in [6.07, 6.45) is 6.23. The largest absolute Gasteiger partial charge is 0.494 e. The number of hydrogen-bond donors (Lipinski definition) is 2. The summed E-state index contributed by atoms with van der Waals surface area (Å²) in [6, 6.07) is 36.7. The van der Waals surface area contributed by atoms with Crippen LogP contribution < -0.4 is 24.8 Å². The fourth-order valence-electron chi connectivity index (χ4n) is 5.82. The van der Waals surface area contributed by atoms with Gasteiger partial charge < -0.3 is 24.8 Å². The van der Waals surface area contributed by atoms with Crippen molar-refractivity contribution < 1.29 is 33.4 Å². The molecule has 5 rings (SSSR count). The summed E-state index contributed by atoms with van der Waals surface area (Å²) in [5, 5.41) is 5.69. The molecule has 0 aromatic heterocycles. The van der Waals surface area contributed by atoms with Gasteiger partial charge in [0.05, 0.1) is 24.6 Å². The van der Waals surface area contributed by atoms with Crippen LogP contribution in [-0.2, 0) is 29.0 Å². The van der Waals surface area contributed by atoms with Gasteiger partial charge in [0, 0.05) is 11.3 Å². The first-order chi connectivity index (χ1) is 26.7. The number of amides is 2. The predicted molar refractivity (Wildman–Crippen MR) is 214 cm³/mol. The molecule has 0 aliphatic rings. The van der Waals surface area contributed by atoms with Gasteiger partial charge in [0.1, 0.15) is 23.9 Å². The molecule has 5 aromatic rings. The van der Waals surface area contributed by atoms with E-state index in [0.29, 0.717) is 41.5 Å². The van der Waals surface area contributed by atoms with Crippen molar-refractivity contribution in [2.45, 2.75) is 71.4 Å². The summed E-state index contributed by atoms with van der Waals surface area (Å²) in [5.74, 6) is 0.544. The van der Waals surface area contributed by atoms with Gasteiger partial charge in [0.15, 0.2) is 5.78 Å². The maximum Gasteiger partial charge on any atom is 0.343 e. The van der Waals surface area contributed by atoms with E-state index in [9.17, 15) is 19.2 Å². The highest BCUT2D eigenvalue weighted by Crippen LogP contribution is 2.19. The van der Waals surface area contributed by atoms with Crippen molar-refractivity contribution >= 4 is 29.3 Å². The van der Waals surface area contributed by atoms with Crippen LogP contribution >= 0.6 is 0 Å². The van der Waals surface area contributed by atoms with Gasteiger partial charge in [-0.05, 0) is 109 Å². The number of hydrogen-bond acceptors (Lipinski definition) is 7. The van der Waals surface area contributed by atoms with Crippen molar-refractivity contribution in [2.75, 3.05) is 11.9 Å². The van der Waals surface area contributed by atoms with Crippen LogP contribution in [0.2, 0.25) is 0 Å². The Morgan fingerprint density at radius 2 is 1.27 bits per heavy atom. The Kier molecular flexibility index (Phi) is 15.2. The number of Topliss-reactive ketones (excluding diaryl/α,β-unsaturated/α-hetero) is 1. The number of esters is 1. The summed E-state index contributed by atoms with van der Waals surface area (Å²) in [7, 11) is 0. The molecule has 9 nitrogen and oxygen atoms in total.